The van der Waals surface area contributed by atoms with Crippen LogP contribution in [0.1, 0.15) is 0 Å². The van der Waals surface area contributed by atoms with Crippen LogP contribution in [0.3, 0.4) is 0 Å². The van der Waals surface area contributed by atoms with E-state index in [4.69, 9.17) is 5.73 Å². The van der Waals surface area contributed by atoms with E-state index in [-0.39, 0.29) is 4.90 Å². The number of hydrogen-bond acceptors (Lipinski definition) is 3. The van der Waals surface area contributed by atoms with Gasteiger partial charge in [0.15, 0.2) is 0 Å². The van der Waals surface area contributed by atoms with Crippen molar-refractivity contribution in [2.45, 2.75) is 4.90 Å². The third-order valence-corrected chi connectivity index (χ3v) is 3.69. The van der Waals surface area contributed by atoms with Gasteiger partial charge in [-0.25, -0.2) is 17.5 Å². The number of carbonyl (C=O) groups excluding carboxylic acids is 1. The molecule has 2 amide bonds. The molecule has 3 N–H and O–H groups in total. The highest BCUT2D eigenvalue weighted by atomic mass is 32.2. The van der Waals surface area contributed by atoms with Gasteiger partial charge >= 0.3 is 6.03 Å². The summed E-state index contributed by atoms with van der Waals surface area (Å²) in [6.07, 6.45) is 0. The molecule has 1 aromatic carbocycles. The van der Waals surface area contributed by atoms with Crippen molar-refractivity contribution in [3.05, 3.63) is 24.3 Å². The van der Waals surface area contributed by atoms with Crippen molar-refractivity contribution in [3.8, 4) is 0 Å². The van der Waals surface area contributed by atoms with E-state index in [0.717, 1.165) is 4.31 Å². The number of primary amides is 1. The molecule has 0 aliphatic rings. The van der Waals surface area contributed by atoms with E-state index < -0.39 is 16.1 Å². The van der Waals surface area contributed by atoms with E-state index in [1.165, 1.54) is 32.3 Å². The maximum absolute atomic E-state index is 11.8. The zero-order valence-electron chi connectivity index (χ0n) is 8.97. The van der Waals surface area contributed by atoms with Crippen LogP contribution in [0.4, 0.5) is 10.5 Å². The minimum Gasteiger partial charge on any atom is -0.351 e. The van der Waals surface area contributed by atoms with Gasteiger partial charge in [-0.05, 0) is 18.2 Å². The van der Waals surface area contributed by atoms with Gasteiger partial charge in [-0.1, -0.05) is 6.07 Å². The molecular weight excluding hydrogens is 230 g/mol. The SMILES string of the molecule is CN(C)S(=O)(=O)c1cccc(NC(N)=O)c1. The van der Waals surface area contributed by atoms with Crippen LogP contribution in [0, 0.1) is 0 Å². The lowest BCUT2D eigenvalue weighted by atomic mass is 10.3. The molecule has 1 rings (SSSR count). The number of hydrogen-bond donors (Lipinski definition) is 2. The maximum Gasteiger partial charge on any atom is 0.316 e. The largest absolute Gasteiger partial charge is 0.351 e. The number of urea groups is 1. The molecule has 0 saturated heterocycles. The van der Waals surface area contributed by atoms with Gasteiger partial charge in [0.2, 0.25) is 10.0 Å². The summed E-state index contributed by atoms with van der Waals surface area (Å²) >= 11 is 0. The Balaban J connectivity index is 3.13. The molecule has 0 spiro atoms. The van der Waals surface area contributed by atoms with Gasteiger partial charge in [0.1, 0.15) is 0 Å². The van der Waals surface area contributed by atoms with Crippen LogP contribution >= 0.6 is 0 Å². The predicted octanol–water partition coefficient (Wildman–Crippen LogP) is 0.427. The van der Waals surface area contributed by atoms with Gasteiger partial charge in [-0.3, -0.25) is 0 Å². The van der Waals surface area contributed by atoms with Crippen molar-refractivity contribution < 1.29 is 13.2 Å². The molecule has 0 radical (unpaired) electrons. The second-order valence-corrected chi connectivity index (χ2v) is 5.46. The quantitative estimate of drug-likeness (QED) is 0.806. The van der Waals surface area contributed by atoms with Gasteiger partial charge < -0.3 is 11.1 Å². The Morgan fingerprint density at radius 2 is 2.00 bits per heavy atom. The summed E-state index contributed by atoms with van der Waals surface area (Å²) in [7, 11) is -0.626. The summed E-state index contributed by atoms with van der Waals surface area (Å²) in [4.78, 5) is 10.7. The van der Waals surface area contributed by atoms with Gasteiger partial charge in [0.25, 0.3) is 0 Å². The Labute approximate surface area is 94.1 Å². The minimum atomic E-state index is -3.49. The molecule has 0 aliphatic heterocycles. The Morgan fingerprint density at radius 3 is 2.50 bits per heavy atom. The van der Waals surface area contributed by atoms with Gasteiger partial charge in [0.05, 0.1) is 4.90 Å². The minimum absolute atomic E-state index is 0.101. The molecule has 0 heterocycles. The average molecular weight is 243 g/mol. The number of carbonyl (C=O) groups is 1. The second-order valence-electron chi connectivity index (χ2n) is 3.30. The van der Waals surface area contributed by atoms with Crippen molar-refractivity contribution in [2.24, 2.45) is 5.73 Å². The monoisotopic (exact) mass is 243 g/mol. The fourth-order valence-electron chi connectivity index (χ4n) is 1.09. The smallest absolute Gasteiger partial charge is 0.316 e. The Kier molecular flexibility index (Phi) is 3.51. The summed E-state index contributed by atoms with van der Waals surface area (Å²) < 4.78 is 24.6. The molecule has 0 aromatic heterocycles. The first kappa shape index (κ1) is 12.5. The topological polar surface area (TPSA) is 92.5 Å². The summed E-state index contributed by atoms with van der Waals surface area (Å²) in [6.45, 7) is 0. The molecule has 88 valence electrons. The lowest BCUT2D eigenvalue weighted by Crippen LogP contribution is -2.23. The molecule has 16 heavy (non-hydrogen) atoms. The van der Waals surface area contributed by atoms with Crippen LogP contribution in [-0.2, 0) is 10.0 Å². The van der Waals surface area contributed by atoms with Crippen molar-refractivity contribution in [1.29, 1.82) is 0 Å². The standard InChI is InChI=1S/C9H13N3O3S/c1-12(2)16(14,15)8-5-3-4-7(6-8)11-9(10)13/h3-6H,1-2H3,(H3,10,11,13). The number of anilines is 1. The van der Waals surface area contributed by atoms with E-state index in [2.05, 4.69) is 5.32 Å². The summed E-state index contributed by atoms with van der Waals surface area (Å²) in [5.41, 5.74) is 5.28. The first-order valence-electron chi connectivity index (χ1n) is 4.43. The second kappa shape index (κ2) is 4.50. The molecule has 0 atom stereocenters. The Bertz CT molecular complexity index is 496. The van der Waals surface area contributed by atoms with E-state index in [1.807, 2.05) is 0 Å². The van der Waals surface area contributed by atoms with E-state index in [0.29, 0.717) is 5.69 Å². The number of nitrogens with one attached hydrogen (secondary N) is 1. The Morgan fingerprint density at radius 1 is 1.38 bits per heavy atom. The molecule has 0 bridgehead atoms. The molecular formula is C9H13N3O3S. The highest BCUT2D eigenvalue weighted by molar-refractivity contribution is 7.89. The number of sulfonamides is 1. The number of amides is 2. The number of benzene rings is 1. The van der Waals surface area contributed by atoms with E-state index in [1.54, 1.807) is 6.07 Å². The van der Waals surface area contributed by atoms with Crippen LogP contribution < -0.4 is 11.1 Å². The Hall–Kier alpha value is -1.60. The van der Waals surface area contributed by atoms with Crippen molar-refractivity contribution in [3.63, 3.8) is 0 Å². The number of nitrogens with zero attached hydrogens (tertiary/aromatic N) is 1. The summed E-state index contributed by atoms with van der Waals surface area (Å²) in [6, 6.07) is 5.14. The highest BCUT2D eigenvalue weighted by Crippen LogP contribution is 2.17. The molecule has 0 unspecified atom stereocenters. The highest BCUT2D eigenvalue weighted by Gasteiger charge is 2.17. The zero-order valence-corrected chi connectivity index (χ0v) is 9.78. The van der Waals surface area contributed by atoms with Crippen LogP contribution in [0.2, 0.25) is 0 Å². The third kappa shape index (κ3) is 2.71. The fourth-order valence-corrected chi connectivity index (χ4v) is 2.04. The zero-order chi connectivity index (χ0) is 12.3. The van der Waals surface area contributed by atoms with E-state index >= 15 is 0 Å². The lowest BCUT2D eigenvalue weighted by Gasteiger charge is -2.12. The first-order chi connectivity index (χ1) is 7.34. The third-order valence-electron chi connectivity index (χ3n) is 1.88. The molecule has 0 fully saturated rings. The average Bonchev–Trinajstić information content (AvgIpc) is 2.16. The molecule has 6 nitrogen and oxygen atoms in total. The van der Waals surface area contributed by atoms with E-state index in [9.17, 15) is 13.2 Å². The van der Waals surface area contributed by atoms with Gasteiger partial charge in [-0.15, -0.1) is 0 Å². The fraction of sp³-hybridized carbons (Fsp3) is 0.222. The van der Waals surface area contributed by atoms with Gasteiger partial charge in [-0.2, -0.15) is 0 Å². The normalized spacial score (nSPS) is 11.4. The first-order valence-corrected chi connectivity index (χ1v) is 5.87. The summed E-state index contributed by atoms with van der Waals surface area (Å²) in [5.74, 6) is 0. The molecule has 0 saturated carbocycles. The molecule has 1 aromatic rings. The van der Waals surface area contributed by atoms with Crippen LogP contribution in [-0.4, -0.2) is 32.8 Å². The number of rotatable bonds is 3. The molecule has 7 heteroatoms. The van der Waals surface area contributed by atoms with Crippen LogP contribution in [0.5, 0.6) is 0 Å². The van der Waals surface area contributed by atoms with Crippen molar-refractivity contribution in [2.75, 3.05) is 19.4 Å². The van der Waals surface area contributed by atoms with Gasteiger partial charge in [0, 0.05) is 19.8 Å². The molecule has 0 aliphatic carbocycles. The maximum atomic E-state index is 11.8. The van der Waals surface area contributed by atoms with Crippen LogP contribution in [0.25, 0.3) is 0 Å². The predicted molar refractivity (Wildman–Crippen MR) is 60.5 cm³/mol. The van der Waals surface area contributed by atoms with Crippen molar-refractivity contribution in [1.82, 2.24) is 4.31 Å². The number of nitrogens with two attached hydrogens (primary N) is 1. The lowest BCUT2D eigenvalue weighted by molar-refractivity contribution is 0.259. The van der Waals surface area contributed by atoms with Crippen molar-refractivity contribution >= 4 is 21.7 Å². The summed E-state index contributed by atoms with van der Waals surface area (Å²) in [5, 5.41) is 2.31. The van der Waals surface area contributed by atoms with Crippen LogP contribution in [0.15, 0.2) is 29.2 Å².